The van der Waals surface area contributed by atoms with E-state index < -0.39 is 0 Å². The molecule has 1 aromatic rings. The molecular weight excluding hydrogens is 314 g/mol. The van der Waals surface area contributed by atoms with Crippen LogP contribution in [0.15, 0.2) is 30.3 Å². The first-order chi connectivity index (χ1) is 12.2. The summed E-state index contributed by atoms with van der Waals surface area (Å²) in [5, 5.41) is 0. The minimum absolute atomic E-state index is 0.174. The maximum Gasteiger partial charge on any atom is 0.164 e. The van der Waals surface area contributed by atoms with Gasteiger partial charge in [0, 0.05) is 37.8 Å². The molecule has 2 aliphatic heterocycles. The molecule has 0 N–H and O–H groups in total. The van der Waals surface area contributed by atoms with Gasteiger partial charge in [0.25, 0.3) is 0 Å². The Kier molecular flexibility index (Phi) is 6.63. The largest absolute Gasteiger partial charge is 0.352 e. The second-order valence-electron chi connectivity index (χ2n) is 7.22. The van der Waals surface area contributed by atoms with Crippen LogP contribution >= 0.6 is 0 Å². The van der Waals surface area contributed by atoms with Crippen molar-refractivity contribution in [1.29, 1.82) is 0 Å². The molecule has 2 aliphatic rings. The zero-order chi connectivity index (χ0) is 17.6. The van der Waals surface area contributed by atoms with Gasteiger partial charge in [0.15, 0.2) is 6.29 Å². The number of piperidine rings is 1. The van der Waals surface area contributed by atoms with Crippen molar-refractivity contribution in [2.24, 2.45) is 5.92 Å². The Labute approximate surface area is 151 Å². The molecule has 2 unspecified atom stereocenters. The Bertz CT molecular complexity index is 527. The lowest BCUT2D eigenvalue weighted by molar-refractivity contribution is -0.155. The number of ether oxygens (including phenoxy) is 2. The van der Waals surface area contributed by atoms with Crippen molar-refractivity contribution >= 4 is 5.78 Å². The zero-order valence-electron chi connectivity index (χ0n) is 15.5. The number of hydrogen-bond donors (Lipinski definition) is 0. The van der Waals surface area contributed by atoms with Crippen molar-refractivity contribution in [2.45, 2.75) is 70.9 Å². The smallest absolute Gasteiger partial charge is 0.164 e. The fourth-order valence-electron chi connectivity index (χ4n) is 4.46. The van der Waals surface area contributed by atoms with Gasteiger partial charge in [-0.05, 0) is 45.1 Å². The summed E-state index contributed by atoms with van der Waals surface area (Å²) in [6.45, 7) is 6.06. The predicted octanol–water partition coefficient (Wildman–Crippen LogP) is 3.79. The van der Waals surface area contributed by atoms with Gasteiger partial charge in [0.1, 0.15) is 5.78 Å². The van der Waals surface area contributed by atoms with Crippen LogP contribution in [0.4, 0.5) is 0 Å². The molecule has 2 bridgehead atoms. The normalized spacial score (nSPS) is 26.3. The average Bonchev–Trinajstić information content (AvgIpc) is 2.84. The lowest BCUT2D eigenvalue weighted by atomic mass is 9.86. The highest BCUT2D eigenvalue weighted by molar-refractivity contribution is 5.81. The molecular formula is C21H31NO3. The molecule has 2 saturated heterocycles. The van der Waals surface area contributed by atoms with Crippen LogP contribution in [0.2, 0.25) is 0 Å². The van der Waals surface area contributed by atoms with E-state index in [1.807, 2.05) is 13.8 Å². The fourth-order valence-corrected chi connectivity index (χ4v) is 4.46. The van der Waals surface area contributed by atoms with E-state index >= 15 is 0 Å². The number of benzene rings is 1. The van der Waals surface area contributed by atoms with Gasteiger partial charge in [-0.3, -0.25) is 9.69 Å². The quantitative estimate of drug-likeness (QED) is 0.638. The van der Waals surface area contributed by atoms with Crippen LogP contribution in [0.5, 0.6) is 0 Å². The molecule has 2 atom stereocenters. The first-order valence-corrected chi connectivity index (χ1v) is 9.76. The molecule has 3 rings (SSSR count). The van der Waals surface area contributed by atoms with Gasteiger partial charge in [0.2, 0.25) is 0 Å². The summed E-state index contributed by atoms with van der Waals surface area (Å²) in [5.74, 6) is 0.496. The van der Waals surface area contributed by atoms with Crippen molar-refractivity contribution < 1.29 is 14.3 Å². The molecule has 4 nitrogen and oxygen atoms in total. The highest BCUT2D eigenvalue weighted by Gasteiger charge is 2.42. The van der Waals surface area contributed by atoms with Crippen LogP contribution in [0, 0.1) is 5.92 Å². The van der Waals surface area contributed by atoms with E-state index in [1.165, 1.54) is 18.4 Å². The summed E-state index contributed by atoms with van der Waals surface area (Å²) in [4.78, 5) is 15.4. The first kappa shape index (κ1) is 18.6. The van der Waals surface area contributed by atoms with E-state index in [1.54, 1.807) is 0 Å². The number of hydrogen-bond acceptors (Lipinski definition) is 4. The van der Waals surface area contributed by atoms with E-state index in [9.17, 15) is 4.79 Å². The van der Waals surface area contributed by atoms with Gasteiger partial charge >= 0.3 is 0 Å². The minimum atomic E-state index is -0.373. The second kappa shape index (κ2) is 8.93. The van der Waals surface area contributed by atoms with Crippen LogP contribution in [0.25, 0.3) is 0 Å². The van der Waals surface area contributed by atoms with Gasteiger partial charge in [-0.2, -0.15) is 0 Å². The number of carbonyl (C=O) groups is 1. The number of fused-ring (bicyclic) bond motifs is 2. The molecule has 0 radical (unpaired) electrons. The third-order valence-corrected chi connectivity index (χ3v) is 5.62. The molecule has 2 fully saturated rings. The maximum absolute atomic E-state index is 12.8. The fraction of sp³-hybridized carbons (Fsp3) is 0.667. The SMILES string of the molecule is CCOC(CC(=O)C1CC2CCC(C1)N2Cc1ccccc1)OCC. The minimum Gasteiger partial charge on any atom is -0.352 e. The molecule has 0 spiro atoms. The van der Waals surface area contributed by atoms with Gasteiger partial charge < -0.3 is 9.47 Å². The lowest BCUT2D eigenvalue weighted by Gasteiger charge is -2.38. The van der Waals surface area contributed by atoms with Crippen LogP contribution < -0.4 is 0 Å². The van der Waals surface area contributed by atoms with E-state index in [4.69, 9.17) is 9.47 Å². The number of rotatable bonds is 9. The summed E-state index contributed by atoms with van der Waals surface area (Å²) in [6.07, 6.45) is 4.45. The lowest BCUT2D eigenvalue weighted by Crippen LogP contribution is -2.44. The number of Topliss-reactive ketones (excluding diaryl/α,β-unsaturated/α-hetero) is 1. The van der Waals surface area contributed by atoms with Gasteiger partial charge in [-0.1, -0.05) is 30.3 Å². The monoisotopic (exact) mass is 345 g/mol. The van der Waals surface area contributed by atoms with E-state index in [2.05, 4.69) is 35.2 Å². The Balaban J connectivity index is 1.56. The molecule has 0 amide bonds. The van der Waals surface area contributed by atoms with Crippen LogP contribution in [-0.2, 0) is 20.8 Å². The number of nitrogens with zero attached hydrogens (tertiary/aromatic N) is 1. The Hall–Kier alpha value is -1.23. The van der Waals surface area contributed by atoms with Crippen LogP contribution in [-0.4, -0.2) is 42.3 Å². The van der Waals surface area contributed by atoms with Crippen molar-refractivity contribution in [3.05, 3.63) is 35.9 Å². The number of ketones is 1. The second-order valence-corrected chi connectivity index (χ2v) is 7.22. The summed E-state index contributed by atoms with van der Waals surface area (Å²) in [6, 6.07) is 11.8. The van der Waals surface area contributed by atoms with E-state index in [0.717, 1.165) is 19.4 Å². The third kappa shape index (κ3) is 4.69. The Morgan fingerprint density at radius 2 is 1.68 bits per heavy atom. The van der Waals surface area contributed by atoms with Crippen LogP contribution in [0.3, 0.4) is 0 Å². The van der Waals surface area contributed by atoms with E-state index in [0.29, 0.717) is 37.5 Å². The molecule has 2 heterocycles. The topological polar surface area (TPSA) is 38.8 Å². The Morgan fingerprint density at radius 1 is 1.08 bits per heavy atom. The summed E-state index contributed by atoms with van der Waals surface area (Å²) in [5.41, 5.74) is 1.37. The summed E-state index contributed by atoms with van der Waals surface area (Å²) < 4.78 is 11.1. The predicted molar refractivity (Wildman–Crippen MR) is 98.2 cm³/mol. The average molecular weight is 345 g/mol. The molecule has 0 aliphatic carbocycles. The van der Waals surface area contributed by atoms with Crippen molar-refractivity contribution in [2.75, 3.05) is 13.2 Å². The van der Waals surface area contributed by atoms with Gasteiger partial charge in [-0.15, -0.1) is 0 Å². The van der Waals surface area contributed by atoms with Gasteiger partial charge in [-0.25, -0.2) is 0 Å². The summed E-state index contributed by atoms with van der Waals surface area (Å²) in [7, 11) is 0. The number of carbonyl (C=O) groups excluding carboxylic acids is 1. The Morgan fingerprint density at radius 3 is 2.24 bits per heavy atom. The van der Waals surface area contributed by atoms with Crippen molar-refractivity contribution in [3.63, 3.8) is 0 Å². The maximum atomic E-state index is 12.8. The first-order valence-electron chi connectivity index (χ1n) is 9.76. The highest BCUT2D eigenvalue weighted by atomic mass is 16.7. The third-order valence-electron chi connectivity index (χ3n) is 5.62. The standard InChI is InChI=1S/C21H31NO3/c1-3-24-21(25-4-2)14-20(23)17-12-18-10-11-19(13-17)22(18)15-16-8-6-5-7-9-16/h5-9,17-19,21H,3-4,10-15H2,1-2H3. The zero-order valence-corrected chi connectivity index (χ0v) is 15.5. The van der Waals surface area contributed by atoms with Crippen LogP contribution in [0.1, 0.15) is 51.5 Å². The molecule has 4 heteroatoms. The highest BCUT2D eigenvalue weighted by Crippen LogP contribution is 2.40. The molecule has 138 valence electrons. The molecule has 0 aromatic heterocycles. The van der Waals surface area contributed by atoms with Crippen molar-refractivity contribution in [1.82, 2.24) is 4.90 Å². The molecule has 0 saturated carbocycles. The molecule has 1 aromatic carbocycles. The van der Waals surface area contributed by atoms with Crippen molar-refractivity contribution in [3.8, 4) is 0 Å². The molecule has 25 heavy (non-hydrogen) atoms. The summed E-state index contributed by atoms with van der Waals surface area (Å²) >= 11 is 0. The van der Waals surface area contributed by atoms with Gasteiger partial charge in [0.05, 0.1) is 6.42 Å². The van der Waals surface area contributed by atoms with E-state index in [-0.39, 0.29) is 12.2 Å².